The molecular weight excluding hydrogens is 321 g/mol. The largest absolute Gasteiger partial charge is 0.302 e. The van der Waals surface area contributed by atoms with Crippen LogP contribution in [0.5, 0.6) is 0 Å². The molecule has 2 rings (SSSR count). The van der Waals surface area contributed by atoms with Gasteiger partial charge in [-0.25, -0.2) is 4.39 Å². The number of benzene rings is 1. The Morgan fingerprint density at radius 2 is 2.05 bits per heavy atom. The Hall–Kier alpha value is -0.490. The zero-order valence-electron chi connectivity index (χ0n) is 12.1. The predicted molar refractivity (Wildman–Crippen MR) is 83.8 cm³/mol. The van der Waals surface area contributed by atoms with Gasteiger partial charge in [0.05, 0.1) is 0 Å². The summed E-state index contributed by atoms with van der Waals surface area (Å²) >= 11 is 3.29. The molecule has 112 valence electrons. The van der Waals surface area contributed by atoms with Crippen LogP contribution in [-0.2, 0) is 6.42 Å². The molecule has 5 heteroatoms. The number of nitrogens with two attached hydrogens (primary N) is 1. The number of nitrogens with zero attached hydrogens (tertiary/aromatic N) is 1. The van der Waals surface area contributed by atoms with Gasteiger partial charge in [-0.2, -0.15) is 0 Å². The van der Waals surface area contributed by atoms with E-state index in [1.54, 1.807) is 0 Å². The fourth-order valence-corrected chi connectivity index (χ4v) is 3.74. The second-order valence-corrected chi connectivity index (χ2v) is 6.78. The van der Waals surface area contributed by atoms with Crippen LogP contribution >= 0.6 is 15.9 Å². The van der Waals surface area contributed by atoms with E-state index in [9.17, 15) is 4.39 Å². The predicted octanol–water partition coefficient (Wildman–Crippen LogP) is 2.84. The molecule has 3 nitrogen and oxygen atoms in total. The molecule has 1 fully saturated rings. The molecule has 3 N–H and O–H groups in total. The molecule has 0 radical (unpaired) electrons. The first-order chi connectivity index (χ1) is 9.49. The van der Waals surface area contributed by atoms with Crippen molar-refractivity contribution in [2.45, 2.75) is 43.7 Å². The van der Waals surface area contributed by atoms with E-state index in [0.29, 0.717) is 12.0 Å². The van der Waals surface area contributed by atoms with Crippen molar-refractivity contribution >= 4 is 15.9 Å². The van der Waals surface area contributed by atoms with Gasteiger partial charge in [-0.15, -0.1) is 0 Å². The number of hydrogen-bond acceptors (Lipinski definition) is 3. The van der Waals surface area contributed by atoms with Gasteiger partial charge >= 0.3 is 0 Å². The van der Waals surface area contributed by atoms with E-state index < -0.39 is 0 Å². The Kier molecular flexibility index (Phi) is 5.18. The van der Waals surface area contributed by atoms with E-state index in [1.165, 1.54) is 18.9 Å². The summed E-state index contributed by atoms with van der Waals surface area (Å²) in [6.45, 7) is 0. The van der Waals surface area contributed by atoms with Crippen LogP contribution in [0.3, 0.4) is 0 Å². The van der Waals surface area contributed by atoms with E-state index in [2.05, 4.69) is 40.4 Å². The van der Waals surface area contributed by atoms with Gasteiger partial charge in [-0.3, -0.25) is 11.3 Å². The van der Waals surface area contributed by atoms with Crippen LogP contribution in [0, 0.1) is 5.82 Å². The smallest absolute Gasteiger partial charge is 0.127 e. The number of nitrogens with one attached hydrogen (secondary N) is 1. The summed E-state index contributed by atoms with van der Waals surface area (Å²) in [4.78, 5) is 2.25. The minimum atomic E-state index is -0.175. The number of hydrogen-bond donors (Lipinski definition) is 2. The van der Waals surface area contributed by atoms with Gasteiger partial charge in [0.1, 0.15) is 5.82 Å². The van der Waals surface area contributed by atoms with Crippen LogP contribution in [0.2, 0.25) is 0 Å². The summed E-state index contributed by atoms with van der Waals surface area (Å²) in [5, 5.41) is 0. The van der Waals surface area contributed by atoms with E-state index >= 15 is 0 Å². The lowest BCUT2D eigenvalue weighted by Crippen LogP contribution is -2.60. The van der Waals surface area contributed by atoms with Crippen molar-refractivity contribution in [3.63, 3.8) is 0 Å². The number of rotatable bonds is 5. The van der Waals surface area contributed by atoms with Crippen molar-refractivity contribution in [2.24, 2.45) is 5.84 Å². The number of halogens is 2. The molecule has 1 aromatic rings. The van der Waals surface area contributed by atoms with E-state index in [1.807, 2.05) is 12.1 Å². The maximum atomic E-state index is 14.0. The number of hydrazine groups is 1. The molecule has 0 spiro atoms. The average molecular weight is 344 g/mol. The Labute approximate surface area is 128 Å². The summed E-state index contributed by atoms with van der Waals surface area (Å²) in [7, 11) is 4.18. The van der Waals surface area contributed by atoms with Crippen molar-refractivity contribution in [1.82, 2.24) is 10.3 Å². The highest BCUT2D eigenvalue weighted by Crippen LogP contribution is 2.37. The van der Waals surface area contributed by atoms with Crippen LogP contribution < -0.4 is 11.3 Å². The molecule has 1 saturated carbocycles. The molecule has 0 bridgehead atoms. The standard InChI is InChI=1S/C15H23BrFN3/c1-20(2)15(7-3-4-8-15)14(19-18)9-11-5-6-12(16)10-13(11)17/h5-6,10,14,19H,3-4,7-9,18H2,1-2H3. The highest BCUT2D eigenvalue weighted by atomic mass is 79.9. The van der Waals surface area contributed by atoms with Crippen LogP contribution in [0.4, 0.5) is 4.39 Å². The first kappa shape index (κ1) is 15.9. The fraction of sp³-hybridized carbons (Fsp3) is 0.600. The lowest BCUT2D eigenvalue weighted by molar-refractivity contribution is 0.104. The van der Waals surface area contributed by atoms with Gasteiger partial charge in [-0.1, -0.05) is 34.8 Å². The minimum absolute atomic E-state index is 0.0221. The van der Waals surface area contributed by atoms with Crippen molar-refractivity contribution < 1.29 is 4.39 Å². The van der Waals surface area contributed by atoms with Crippen molar-refractivity contribution in [3.8, 4) is 0 Å². The average Bonchev–Trinajstić information content (AvgIpc) is 2.88. The van der Waals surface area contributed by atoms with Crippen LogP contribution in [0.25, 0.3) is 0 Å². The van der Waals surface area contributed by atoms with Crippen molar-refractivity contribution in [1.29, 1.82) is 0 Å². The molecule has 0 saturated heterocycles. The van der Waals surface area contributed by atoms with Crippen molar-refractivity contribution in [3.05, 3.63) is 34.1 Å². The maximum Gasteiger partial charge on any atom is 0.127 e. The first-order valence-electron chi connectivity index (χ1n) is 7.07. The molecule has 0 amide bonds. The van der Waals surface area contributed by atoms with Gasteiger partial charge in [0.25, 0.3) is 0 Å². The molecule has 0 aliphatic heterocycles. The van der Waals surface area contributed by atoms with E-state index in [0.717, 1.165) is 17.3 Å². The molecule has 1 aliphatic rings. The lowest BCUT2D eigenvalue weighted by atomic mass is 9.83. The topological polar surface area (TPSA) is 41.3 Å². The third-order valence-electron chi connectivity index (χ3n) is 4.65. The van der Waals surface area contributed by atoms with Crippen LogP contribution in [0.15, 0.2) is 22.7 Å². The fourth-order valence-electron chi connectivity index (χ4n) is 3.41. The molecule has 1 aromatic carbocycles. The summed E-state index contributed by atoms with van der Waals surface area (Å²) in [6.07, 6.45) is 5.23. The molecule has 20 heavy (non-hydrogen) atoms. The van der Waals surface area contributed by atoms with Crippen LogP contribution in [0.1, 0.15) is 31.2 Å². The molecule has 1 aliphatic carbocycles. The van der Waals surface area contributed by atoms with Gasteiger partial charge in [0.15, 0.2) is 0 Å². The second-order valence-electron chi connectivity index (χ2n) is 5.86. The highest BCUT2D eigenvalue weighted by molar-refractivity contribution is 9.10. The van der Waals surface area contributed by atoms with Gasteiger partial charge < -0.3 is 4.90 Å². The number of likely N-dealkylation sites (N-methyl/N-ethyl adjacent to an activating group) is 1. The Morgan fingerprint density at radius 3 is 2.55 bits per heavy atom. The normalized spacial score (nSPS) is 19.5. The third-order valence-corrected chi connectivity index (χ3v) is 5.14. The maximum absolute atomic E-state index is 14.0. The summed E-state index contributed by atoms with van der Waals surface area (Å²) in [5.41, 5.74) is 3.67. The first-order valence-corrected chi connectivity index (χ1v) is 7.86. The molecule has 1 unspecified atom stereocenters. The third kappa shape index (κ3) is 3.06. The zero-order chi connectivity index (χ0) is 14.8. The monoisotopic (exact) mass is 343 g/mol. The van der Waals surface area contributed by atoms with Gasteiger partial charge in [0.2, 0.25) is 0 Å². The van der Waals surface area contributed by atoms with E-state index in [4.69, 9.17) is 5.84 Å². The van der Waals surface area contributed by atoms with E-state index in [-0.39, 0.29) is 17.4 Å². The summed E-state index contributed by atoms with van der Waals surface area (Å²) < 4.78 is 14.8. The second kappa shape index (κ2) is 6.52. The molecule has 0 aromatic heterocycles. The summed E-state index contributed by atoms with van der Waals surface area (Å²) in [5.74, 6) is 5.62. The van der Waals surface area contributed by atoms with Crippen LogP contribution in [-0.4, -0.2) is 30.6 Å². The molecular formula is C15H23BrFN3. The summed E-state index contributed by atoms with van der Waals surface area (Å²) in [6, 6.07) is 5.28. The molecule has 1 atom stereocenters. The Morgan fingerprint density at radius 1 is 1.40 bits per heavy atom. The Balaban J connectivity index is 2.23. The van der Waals surface area contributed by atoms with Gasteiger partial charge in [0, 0.05) is 16.1 Å². The minimum Gasteiger partial charge on any atom is -0.302 e. The zero-order valence-corrected chi connectivity index (χ0v) is 13.7. The lowest BCUT2D eigenvalue weighted by Gasteiger charge is -2.43. The quantitative estimate of drug-likeness (QED) is 0.638. The van der Waals surface area contributed by atoms with Gasteiger partial charge in [-0.05, 0) is 51.1 Å². The highest BCUT2D eigenvalue weighted by Gasteiger charge is 2.42. The molecule has 0 heterocycles. The van der Waals surface area contributed by atoms with Crippen molar-refractivity contribution in [2.75, 3.05) is 14.1 Å². The Bertz CT molecular complexity index is 458. The SMILES string of the molecule is CN(C)C1(C(Cc2ccc(Br)cc2F)NN)CCCC1.